The zero-order valence-corrected chi connectivity index (χ0v) is 25.7. The van der Waals surface area contributed by atoms with Gasteiger partial charge in [0, 0.05) is 21.2 Å². The van der Waals surface area contributed by atoms with Crippen molar-refractivity contribution in [2.45, 2.75) is 24.0 Å². The van der Waals surface area contributed by atoms with Crippen LogP contribution in [0.15, 0.2) is 108 Å². The van der Waals surface area contributed by atoms with Crippen LogP contribution >= 0.6 is 35.0 Å². The van der Waals surface area contributed by atoms with Crippen LogP contribution in [0.4, 0.5) is 11.4 Å². The molecule has 3 amide bonds. The number of hydrogen-bond donors (Lipinski definition) is 3. The molecule has 220 valence electrons. The van der Waals surface area contributed by atoms with Crippen molar-refractivity contribution in [3.05, 3.63) is 124 Å². The molecular formula is C33H29Cl2N3O4S. The summed E-state index contributed by atoms with van der Waals surface area (Å²) in [6, 6.07) is 27.8. The lowest BCUT2D eigenvalue weighted by atomic mass is 10.1. The highest BCUT2D eigenvalue weighted by Gasteiger charge is 2.18. The van der Waals surface area contributed by atoms with Gasteiger partial charge in [-0.1, -0.05) is 53.5 Å². The maximum Gasteiger partial charge on any atom is 0.272 e. The number of benzene rings is 4. The number of thioether (sulfide) groups is 1. The zero-order valence-electron chi connectivity index (χ0n) is 23.4. The number of rotatable bonds is 11. The van der Waals surface area contributed by atoms with Crippen LogP contribution in [0.5, 0.6) is 5.75 Å². The fourth-order valence-corrected chi connectivity index (χ4v) is 5.04. The van der Waals surface area contributed by atoms with Crippen LogP contribution in [-0.2, 0) is 9.59 Å². The summed E-state index contributed by atoms with van der Waals surface area (Å²) in [5.74, 6) is -0.433. The first-order chi connectivity index (χ1) is 20.7. The number of nitrogens with one attached hydrogen (secondary N) is 3. The number of carbonyl (C=O) groups is 3. The molecule has 0 aliphatic heterocycles. The standard InChI is InChI=1S/C33H29Cl2N3O4S/c1-3-42-26-14-9-22(10-15-26)19-30(38-32(40)23-7-5-4-6-8-23)33(41)36-25-12-16-27(17-13-25)43-21(2)31(39)37-29-20-24(34)11-18-28(29)35/h4-21H,3H2,1-2H3,(H,36,41)(H,37,39)(H,38,40)/b30-19-. The largest absolute Gasteiger partial charge is 0.494 e. The van der Waals surface area contributed by atoms with E-state index in [1.54, 1.807) is 104 Å². The second-order valence-electron chi connectivity index (χ2n) is 9.23. The fourth-order valence-electron chi connectivity index (χ4n) is 3.84. The predicted molar refractivity (Wildman–Crippen MR) is 175 cm³/mol. The van der Waals surface area contributed by atoms with E-state index < -0.39 is 17.1 Å². The van der Waals surface area contributed by atoms with Crippen LogP contribution in [-0.4, -0.2) is 29.6 Å². The quantitative estimate of drug-likeness (QED) is 0.115. The van der Waals surface area contributed by atoms with E-state index in [2.05, 4.69) is 16.0 Å². The van der Waals surface area contributed by atoms with Gasteiger partial charge in [-0.25, -0.2) is 0 Å². The van der Waals surface area contributed by atoms with Gasteiger partial charge in [0.1, 0.15) is 11.4 Å². The van der Waals surface area contributed by atoms with E-state index in [0.29, 0.717) is 44.9 Å². The van der Waals surface area contributed by atoms with Crippen molar-refractivity contribution in [3.8, 4) is 5.75 Å². The fraction of sp³-hybridized carbons (Fsp3) is 0.121. The van der Waals surface area contributed by atoms with Gasteiger partial charge >= 0.3 is 0 Å². The molecule has 43 heavy (non-hydrogen) atoms. The minimum absolute atomic E-state index is 0.0708. The molecule has 0 bridgehead atoms. The van der Waals surface area contributed by atoms with Crippen LogP contribution < -0.4 is 20.7 Å². The highest BCUT2D eigenvalue weighted by Crippen LogP contribution is 2.29. The normalized spacial score (nSPS) is 11.8. The van der Waals surface area contributed by atoms with Crippen molar-refractivity contribution in [1.29, 1.82) is 0 Å². The van der Waals surface area contributed by atoms with E-state index in [1.165, 1.54) is 11.8 Å². The molecule has 0 fully saturated rings. The molecule has 0 aromatic heterocycles. The van der Waals surface area contributed by atoms with Gasteiger partial charge in [0.05, 0.1) is 22.6 Å². The Balaban J connectivity index is 1.44. The number of hydrogen-bond acceptors (Lipinski definition) is 5. The zero-order chi connectivity index (χ0) is 30.8. The molecule has 0 saturated carbocycles. The molecule has 1 atom stereocenters. The first-order valence-corrected chi connectivity index (χ1v) is 15.0. The van der Waals surface area contributed by atoms with E-state index >= 15 is 0 Å². The molecule has 0 spiro atoms. The lowest BCUT2D eigenvalue weighted by Gasteiger charge is -2.14. The average molecular weight is 635 g/mol. The van der Waals surface area contributed by atoms with Gasteiger partial charge in [-0.2, -0.15) is 0 Å². The minimum atomic E-state index is -0.496. The van der Waals surface area contributed by atoms with Gasteiger partial charge < -0.3 is 20.7 Å². The van der Waals surface area contributed by atoms with Crippen molar-refractivity contribution in [1.82, 2.24) is 5.32 Å². The highest BCUT2D eigenvalue weighted by atomic mass is 35.5. The van der Waals surface area contributed by atoms with Gasteiger partial charge in [0.25, 0.3) is 11.8 Å². The molecule has 0 aliphatic rings. The second-order valence-corrected chi connectivity index (χ2v) is 11.5. The summed E-state index contributed by atoms with van der Waals surface area (Å²) >= 11 is 13.5. The Hall–Kier alpha value is -4.24. The van der Waals surface area contributed by atoms with Gasteiger partial charge in [-0.05, 0) is 92.2 Å². The van der Waals surface area contributed by atoms with Crippen LogP contribution in [0, 0.1) is 0 Å². The summed E-state index contributed by atoms with van der Waals surface area (Å²) in [5, 5.41) is 8.79. The van der Waals surface area contributed by atoms with Gasteiger partial charge in [0.2, 0.25) is 5.91 Å². The van der Waals surface area contributed by atoms with Crippen molar-refractivity contribution in [3.63, 3.8) is 0 Å². The van der Waals surface area contributed by atoms with E-state index in [4.69, 9.17) is 27.9 Å². The molecule has 7 nitrogen and oxygen atoms in total. The third-order valence-electron chi connectivity index (χ3n) is 6.01. The molecule has 4 aromatic carbocycles. The number of ether oxygens (including phenoxy) is 1. The first-order valence-electron chi connectivity index (χ1n) is 13.4. The number of halogens is 2. The van der Waals surface area contributed by atoms with Gasteiger partial charge in [-0.3, -0.25) is 14.4 Å². The summed E-state index contributed by atoms with van der Waals surface area (Å²) in [6.45, 7) is 4.22. The average Bonchev–Trinajstić information content (AvgIpc) is 3.01. The Kier molecular flexibility index (Phi) is 11.3. The summed E-state index contributed by atoms with van der Waals surface area (Å²) in [5.41, 5.74) is 2.16. The molecule has 0 heterocycles. The molecule has 4 rings (SSSR count). The highest BCUT2D eigenvalue weighted by molar-refractivity contribution is 8.00. The molecule has 4 aromatic rings. The summed E-state index contributed by atoms with van der Waals surface area (Å²) < 4.78 is 5.49. The van der Waals surface area contributed by atoms with Crippen LogP contribution in [0.1, 0.15) is 29.8 Å². The maximum atomic E-state index is 13.3. The lowest BCUT2D eigenvalue weighted by Crippen LogP contribution is -2.30. The minimum Gasteiger partial charge on any atom is -0.494 e. The smallest absolute Gasteiger partial charge is 0.272 e. The Morgan fingerprint density at radius 1 is 0.884 bits per heavy atom. The molecular weight excluding hydrogens is 605 g/mol. The molecule has 0 aliphatic carbocycles. The Labute approximate surface area is 264 Å². The molecule has 1 unspecified atom stereocenters. The number of carbonyl (C=O) groups excluding carboxylic acids is 3. The van der Waals surface area contributed by atoms with Crippen LogP contribution in [0.3, 0.4) is 0 Å². The topological polar surface area (TPSA) is 96.5 Å². The van der Waals surface area contributed by atoms with Crippen molar-refractivity contribution >= 4 is 70.1 Å². The van der Waals surface area contributed by atoms with Crippen LogP contribution in [0.25, 0.3) is 6.08 Å². The van der Waals surface area contributed by atoms with E-state index in [0.717, 1.165) is 4.90 Å². The summed E-state index contributed by atoms with van der Waals surface area (Å²) in [6.07, 6.45) is 1.60. The van der Waals surface area contributed by atoms with E-state index in [1.807, 2.05) is 13.0 Å². The SMILES string of the molecule is CCOc1ccc(/C=C(\NC(=O)c2ccccc2)C(=O)Nc2ccc(SC(C)C(=O)Nc3cc(Cl)ccc3Cl)cc2)cc1. The Morgan fingerprint density at radius 2 is 1.58 bits per heavy atom. The van der Waals surface area contributed by atoms with Gasteiger partial charge in [-0.15, -0.1) is 11.8 Å². The maximum absolute atomic E-state index is 13.3. The Bertz CT molecular complexity index is 1610. The third kappa shape index (κ3) is 9.38. The van der Waals surface area contributed by atoms with Gasteiger partial charge in [0.15, 0.2) is 0 Å². The van der Waals surface area contributed by atoms with Crippen molar-refractivity contribution in [2.24, 2.45) is 0 Å². The Morgan fingerprint density at radius 3 is 2.26 bits per heavy atom. The monoisotopic (exact) mass is 633 g/mol. The molecule has 0 saturated heterocycles. The third-order valence-corrected chi connectivity index (χ3v) is 7.69. The molecule has 0 radical (unpaired) electrons. The van der Waals surface area contributed by atoms with Crippen molar-refractivity contribution in [2.75, 3.05) is 17.2 Å². The summed E-state index contributed by atoms with van der Waals surface area (Å²) in [4.78, 5) is 39.8. The molecule has 3 N–H and O–H groups in total. The second kappa shape index (κ2) is 15.3. The van der Waals surface area contributed by atoms with Crippen LogP contribution in [0.2, 0.25) is 10.0 Å². The van der Waals surface area contributed by atoms with E-state index in [-0.39, 0.29) is 11.6 Å². The number of anilines is 2. The first kappa shape index (κ1) is 31.7. The summed E-state index contributed by atoms with van der Waals surface area (Å²) in [7, 11) is 0. The number of amides is 3. The van der Waals surface area contributed by atoms with E-state index in [9.17, 15) is 14.4 Å². The predicted octanol–water partition coefficient (Wildman–Crippen LogP) is 7.92. The van der Waals surface area contributed by atoms with Crippen molar-refractivity contribution < 1.29 is 19.1 Å². The lowest BCUT2D eigenvalue weighted by molar-refractivity contribution is -0.115. The molecule has 10 heteroatoms.